The van der Waals surface area contributed by atoms with E-state index in [1.54, 1.807) is 0 Å². The number of rotatable bonds is 3. The largest absolute Gasteiger partial charge is 0.334 e. The number of H-pyrrole nitrogens is 1. The van der Waals surface area contributed by atoms with Gasteiger partial charge in [0.1, 0.15) is 0 Å². The predicted molar refractivity (Wildman–Crippen MR) is 95.9 cm³/mol. The molecule has 0 spiro atoms. The Morgan fingerprint density at radius 1 is 1.25 bits per heavy atom. The van der Waals surface area contributed by atoms with Gasteiger partial charge in [0.05, 0.1) is 5.69 Å². The van der Waals surface area contributed by atoms with Gasteiger partial charge in [0.25, 0.3) is 0 Å². The molecular formula is C18H19N5S. The molecule has 3 heterocycles. The fourth-order valence-corrected chi connectivity index (χ4v) is 3.45. The molecule has 4 rings (SSSR count). The van der Waals surface area contributed by atoms with Crippen molar-refractivity contribution in [2.75, 3.05) is 6.54 Å². The first-order chi connectivity index (χ1) is 11.7. The Bertz CT molecular complexity index is 913. The summed E-state index contributed by atoms with van der Waals surface area (Å²) in [5.41, 5.74) is 5.94. The molecule has 0 radical (unpaired) electrons. The molecule has 1 aliphatic heterocycles. The van der Waals surface area contributed by atoms with Gasteiger partial charge in [-0.05, 0) is 12.2 Å². The molecule has 1 aromatic carbocycles. The second kappa shape index (κ2) is 6.30. The van der Waals surface area contributed by atoms with Gasteiger partial charge in [-0.25, -0.2) is 4.98 Å². The molecule has 6 heteroatoms. The second-order valence-electron chi connectivity index (χ2n) is 6.20. The lowest BCUT2D eigenvalue weighted by atomic mass is 10.0. The maximum atomic E-state index is 5.11. The van der Waals surface area contributed by atoms with E-state index >= 15 is 0 Å². The molecule has 1 aliphatic rings. The molecule has 0 amide bonds. The predicted octanol–water partition coefficient (Wildman–Crippen LogP) is 3.10. The molecule has 0 unspecified atom stereocenters. The molecule has 0 bridgehead atoms. The zero-order valence-electron chi connectivity index (χ0n) is 13.6. The van der Waals surface area contributed by atoms with Crippen LogP contribution in [0.25, 0.3) is 11.3 Å². The van der Waals surface area contributed by atoms with Crippen LogP contribution in [-0.2, 0) is 26.6 Å². The molecule has 0 fully saturated rings. The van der Waals surface area contributed by atoms with Gasteiger partial charge in [0.15, 0.2) is 4.77 Å². The van der Waals surface area contributed by atoms with Crippen molar-refractivity contribution in [2.45, 2.75) is 19.5 Å². The van der Waals surface area contributed by atoms with E-state index in [0.717, 1.165) is 37.3 Å². The highest BCUT2D eigenvalue weighted by atomic mass is 32.1. The molecule has 1 N–H and O–H groups in total. The van der Waals surface area contributed by atoms with Gasteiger partial charge >= 0.3 is 0 Å². The van der Waals surface area contributed by atoms with E-state index in [0.29, 0.717) is 4.77 Å². The van der Waals surface area contributed by atoms with Crippen molar-refractivity contribution >= 4 is 12.2 Å². The molecule has 0 atom stereocenters. The zero-order chi connectivity index (χ0) is 16.5. The molecule has 122 valence electrons. The molecule has 0 aliphatic carbocycles. The minimum Gasteiger partial charge on any atom is -0.334 e. The van der Waals surface area contributed by atoms with Crippen molar-refractivity contribution in [3.05, 3.63) is 64.3 Å². The van der Waals surface area contributed by atoms with Crippen molar-refractivity contribution in [1.29, 1.82) is 0 Å². The number of hydrogen-bond donors (Lipinski definition) is 1. The van der Waals surface area contributed by atoms with Crippen LogP contribution in [0.3, 0.4) is 0 Å². The number of fused-ring (bicyclic) bond motifs is 1. The molecule has 3 aromatic rings. The van der Waals surface area contributed by atoms with Crippen LogP contribution in [-0.4, -0.2) is 31.2 Å². The topological polar surface area (TPSA) is 49.7 Å². The molecule has 5 nitrogen and oxygen atoms in total. The number of benzene rings is 1. The summed E-state index contributed by atoms with van der Waals surface area (Å²) < 4.78 is 2.47. The standard InChI is InChI=1S/C18H19N5S/c1-22-10-15(17(21-22)13-5-3-2-4-6-13)12-23-8-7-16-14(11-23)9-19-18(24)20-16/h2-6,9-10H,7-8,11-12H2,1H3,(H,19,20,24). The third-order valence-electron chi connectivity index (χ3n) is 4.40. The molecule has 0 saturated heterocycles. The monoisotopic (exact) mass is 337 g/mol. The highest BCUT2D eigenvalue weighted by molar-refractivity contribution is 7.71. The van der Waals surface area contributed by atoms with Crippen molar-refractivity contribution in [3.63, 3.8) is 0 Å². The third kappa shape index (κ3) is 3.02. The Morgan fingerprint density at radius 2 is 2.08 bits per heavy atom. The minimum atomic E-state index is 0.570. The van der Waals surface area contributed by atoms with E-state index in [4.69, 9.17) is 12.2 Å². The van der Waals surface area contributed by atoms with E-state index in [1.807, 2.05) is 24.0 Å². The molecule has 2 aromatic heterocycles. The summed E-state index contributed by atoms with van der Waals surface area (Å²) >= 11 is 5.11. The quantitative estimate of drug-likeness (QED) is 0.746. The van der Waals surface area contributed by atoms with Crippen molar-refractivity contribution < 1.29 is 0 Å². The fourth-order valence-electron chi connectivity index (χ4n) is 3.27. The van der Waals surface area contributed by atoms with Crippen LogP contribution in [0, 0.1) is 4.77 Å². The van der Waals surface area contributed by atoms with Crippen LogP contribution >= 0.6 is 12.2 Å². The maximum Gasteiger partial charge on any atom is 0.196 e. The van der Waals surface area contributed by atoms with Gasteiger partial charge in [-0.15, -0.1) is 0 Å². The summed E-state index contributed by atoms with van der Waals surface area (Å²) in [7, 11) is 1.98. The number of aromatic amines is 1. The number of hydrogen-bond acceptors (Lipinski definition) is 4. The normalized spacial score (nSPS) is 14.5. The maximum absolute atomic E-state index is 5.11. The Hall–Kier alpha value is -2.31. The molecule has 0 saturated carbocycles. The smallest absolute Gasteiger partial charge is 0.196 e. The van der Waals surface area contributed by atoms with Crippen molar-refractivity contribution in [1.82, 2.24) is 24.6 Å². The molecule has 24 heavy (non-hydrogen) atoms. The van der Waals surface area contributed by atoms with Crippen LogP contribution in [0.15, 0.2) is 42.7 Å². The SMILES string of the molecule is Cn1cc(CN2CCc3[nH]c(=S)ncc3C2)c(-c2ccccc2)n1. The highest BCUT2D eigenvalue weighted by Crippen LogP contribution is 2.25. The van der Waals surface area contributed by atoms with Gasteiger partial charge < -0.3 is 4.98 Å². The lowest BCUT2D eigenvalue weighted by molar-refractivity contribution is 0.243. The van der Waals surface area contributed by atoms with Gasteiger partial charge in [-0.2, -0.15) is 5.10 Å². The van der Waals surface area contributed by atoms with Crippen LogP contribution in [0.2, 0.25) is 0 Å². The van der Waals surface area contributed by atoms with E-state index in [2.05, 4.69) is 50.4 Å². The minimum absolute atomic E-state index is 0.570. The van der Waals surface area contributed by atoms with E-state index in [-0.39, 0.29) is 0 Å². The van der Waals surface area contributed by atoms with Crippen LogP contribution in [0.1, 0.15) is 16.8 Å². The summed E-state index contributed by atoms with van der Waals surface area (Å²) in [4.78, 5) is 9.87. The van der Waals surface area contributed by atoms with Crippen LogP contribution < -0.4 is 0 Å². The fraction of sp³-hybridized carbons (Fsp3) is 0.278. The number of aromatic nitrogens is 4. The lowest BCUT2D eigenvalue weighted by Gasteiger charge is -2.28. The van der Waals surface area contributed by atoms with Crippen molar-refractivity contribution in [3.8, 4) is 11.3 Å². The first-order valence-corrected chi connectivity index (χ1v) is 8.47. The second-order valence-corrected chi connectivity index (χ2v) is 6.58. The first kappa shape index (κ1) is 15.2. The number of aryl methyl sites for hydroxylation is 1. The van der Waals surface area contributed by atoms with Gasteiger partial charge in [0, 0.05) is 67.9 Å². The van der Waals surface area contributed by atoms with Gasteiger partial charge in [-0.1, -0.05) is 30.3 Å². The lowest BCUT2D eigenvalue weighted by Crippen LogP contribution is -2.30. The van der Waals surface area contributed by atoms with E-state index in [9.17, 15) is 0 Å². The van der Waals surface area contributed by atoms with E-state index < -0.39 is 0 Å². The van der Waals surface area contributed by atoms with Crippen molar-refractivity contribution in [2.24, 2.45) is 7.05 Å². The average Bonchev–Trinajstić information content (AvgIpc) is 2.96. The Labute approximate surface area is 146 Å². The van der Waals surface area contributed by atoms with E-state index in [1.165, 1.54) is 16.8 Å². The number of nitrogens with zero attached hydrogens (tertiary/aromatic N) is 4. The Balaban J connectivity index is 1.59. The summed E-state index contributed by atoms with van der Waals surface area (Å²) in [6.45, 7) is 2.77. The first-order valence-electron chi connectivity index (χ1n) is 8.06. The van der Waals surface area contributed by atoms with Gasteiger partial charge in [0.2, 0.25) is 0 Å². The third-order valence-corrected chi connectivity index (χ3v) is 4.61. The highest BCUT2D eigenvalue weighted by Gasteiger charge is 2.19. The Kier molecular flexibility index (Phi) is 4.00. The van der Waals surface area contributed by atoms with Gasteiger partial charge in [-0.3, -0.25) is 9.58 Å². The summed E-state index contributed by atoms with van der Waals surface area (Å²) in [5, 5.41) is 4.66. The van der Waals surface area contributed by atoms with Crippen LogP contribution in [0.4, 0.5) is 0 Å². The zero-order valence-corrected chi connectivity index (χ0v) is 14.4. The summed E-state index contributed by atoms with van der Waals surface area (Å²) in [6.07, 6.45) is 5.00. The number of nitrogens with one attached hydrogen (secondary N) is 1. The summed E-state index contributed by atoms with van der Waals surface area (Å²) in [5.74, 6) is 0. The molecular weight excluding hydrogens is 318 g/mol. The average molecular weight is 337 g/mol. The van der Waals surface area contributed by atoms with Crippen LogP contribution in [0.5, 0.6) is 0 Å². The Morgan fingerprint density at radius 3 is 2.92 bits per heavy atom. The summed E-state index contributed by atoms with van der Waals surface area (Å²) in [6, 6.07) is 10.4.